The van der Waals surface area contributed by atoms with Gasteiger partial charge in [0, 0.05) is 25.2 Å². The predicted molar refractivity (Wildman–Crippen MR) is 72.2 cm³/mol. The SMILES string of the molecule is COCCN(C)c1cc2c(cc1Br)C(=O)C(=O)N2. The zero-order chi connectivity index (χ0) is 13.3. The molecule has 1 heterocycles. The number of halogens is 1. The van der Waals surface area contributed by atoms with Crippen molar-refractivity contribution < 1.29 is 14.3 Å². The molecule has 2 rings (SSSR count). The van der Waals surface area contributed by atoms with E-state index in [1.807, 2.05) is 11.9 Å². The Bertz CT molecular complexity index is 516. The van der Waals surface area contributed by atoms with Gasteiger partial charge in [0.25, 0.3) is 11.7 Å². The first-order chi connectivity index (χ1) is 8.54. The maximum Gasteiger partial charge on any atom is 0.296 e. The van der Waals surface area contributed by atoms with E-state index in [2.05, 4.69) is 21.2 Å². The molecule has 0 atom stereocenters. The number of rotatable bonds is 4. The standard InChI is InChI=1S/C12H13BrN2O3/c1-15(3-4-18-2)10-6-9-7(5-8(10)13)11(16)12(17)14-9/h5-6H,3-4H2,1-2H3,(H,14,16,17). The lowest BCUT2D eigenvalue weighted by atomic mass is 10.1. The van der Waals surface area contributed by atoms with E-state index in [9.17, 15) is 9.59 Å². The molecule has 1 aromatic carbocycles. The lowest BCUT2D eigenvalue weighted by Gasteiger charge is -2.21. The second-order valence-electron chi connectivity index (χ2n) is 4.05. The fourth-order valence-electron chi connectivity index (χ4n) is 1.80. The third-order valence-corrected chi connectivity index (χ3v) is 3.46. The van der Waals surface area contributed by atoms with E-state index in [4.69, 9.17) is 4.74 Å². The highest BCUT2D eigenvalue weighted by Crippen LogP contribution is 2.34. The molecule has 0 aromatic heterocycles. The summed E-state index contributed by atoms with van der Waals surface area (Å²) >= 11 is 3.42. The number of hydrogen-bond donors (Lipinski definition) is 1. The molecular weight excluding hydrogens is 300 g/mol. The smallest absolute Gasteiger partial charge is 0.296 e. The highest BCUT2D eigenvalue weighted by molar-refractivity contribution is 9.10. The number of hydrogen-bond acceptors (Lipinski definition) is 4. The van der Waals surface area contributed by atoms with Crippen molar-refractivity contribution in [3.8, 4) is 0 Å². The van der Waals surface area contributed by atoms with Crippen LogP contribution >= 0.6 is 15.9 Å². The minimum Gasteiger partial charge on any atom is -0.383 e. The van der Waals surface area contributed by atoms with Crippen molar-refractivity contribution in [1.82, 2.24) is 0 Å². The number of carbonyl (C=O) groups excluding carboxylic acids is 2. The largest absolute Gasteiger partial charge is 0.383 e. The van der Waals surface area contributed by atoms with Crippen LogP contribution in [0.5, 0.6) is 0 Å². The van der Waals surface area contributed by atoms with Gasteiger partial charge in [0.1, 0.15) is 0 Å². The topological polar surface area (TPSA) is 58.6 Å². The summed E-state index contributed by atoms with van der Waals surface area (Å²) in [6, 6.07) is 3.46. The van der Waals surface area contributed by atoms with Crippen LogP contribution in [0.3, 0.4) is 0 Å². The maximum absolute atomic E-state index is 11.5. The third-order valence-electron chi connectivity index (χ3n) is 2.83. The van der Waals surface area contributed by atoms with Crippen LogP contribution < -0.4 is 10.2 Å². The van der Waals surface area contributed by atoms with E-state index in [1.165, 1.54) is 0 Å². The van der Waals surface area contributed by atoms with Crippen LogP contribution in [0.2, 0.25) is 0 Å². The van der Waals surface area contributed by atoms with E-state index in [0.29, 0.717) is 17.9 Å². The zero-order valence-corrected chi connectivity index (χ0v) is 11.7. The van der Waals surface area contributed by atoms with Gasteiger partial charge in [-0.1, -0.05) is 0 Å². The number of ketones is 1. The van der Waals surface area contributed by atoms with Gasteiger partial charge in [-0.2, -0.15) is 0 Å². The molecule has 1 aliphatic heterocycles. The molecule has 6 heteroatoms. The van der Waals surface area contributed by atoms with Crippen molar-refractivity contribution >= 4 is 39.0 Å². The molecule has 0 radical (unpaired) electrons. The molecule has 0 saturated carbocycles. The van der Waals surface area contributed by atoms with Gasteiger partial charge in [-0.25, -0.2) is 0 Å². The van der Waals surface area contributed by atoms with Crippen LogP contribution in [0, 0.1) is 0 Å². The second-order valence-corrected chi connectivity index (χ2v) is 4.90. The van der Waals surface area contributed by atoms with Crippen molar-refractivity contribution in [2.75, 3.05) is 37.5 Å². The Hall–Kier alpha value is -1.40. The van der Waals surface area contributed by atoms with Gasteiger partial charge in [0.05, 0.1) is 23.5 Å². The molecule has 18 heavy (non-hydrogen) atoms. The van der Waals surface area contributed by atoms with Crippen LogP contribution in [0.1, 0.15) is 10.4 Å². The van der Waals surface area contributed by atoms with Gasteiger partial charge in [-0.05, 0) is 28.1 Å². The Morgan fingerprint density at radius 1 is 1.39 bits per heavy atom. The fraction of sp³-hybridized carbons (Fsp3) is 0.333. The second kappa shape index (κ2) is 5.07. The highest BCUT2D eigenvalue weighted by atomic mass is 79.9. The van der Waals surface area contributed by atoms with E-state index < -0.39 is 11.7 Å². The summed E-state index contributed by atoms with van der Waals surface area (Å²) in [5, 5.41) is 2.56. The lowest BCUT2D eigenvalue weighted by Crippen LogP contribution is -2.22. The molecule has 1 aliphatic rings. The molecule has 0 unspecified atom stereocenters. The summed E-state index contributed by atoms with van der Waals surface area (Å²) in [5.41, 5.74) is 1.88. The Labute approximate surface area is 113 Å². The van der Waals surface area contributed by atoms with Gasteiger partial charge >= 0.3 is 0 Å². The number of nitrogens with one attached hydrogen (secondary N) is 1. The van der Waals surface area contributed by atoms with Crippen molar-refractivity contribution in [1.29, 1.82) is 0 Å². The summed E-state index contributed by atoms with van der Waals surface area (Å²) in [7, 11) is 3.56. The average Bonchev–Trinajstić information content (AvgIpc) is 2.62. The Kier molecular flexibility index (Phi) is 3.68. The minimum absolute atomic E-state index is 0.413. The number of likely N-dealkylation sites (N-methyl/N-ethyl adjacent to an activating group) is 1. The molecule has 96 valence electrons. The summed E-state index contributed by atoms with van der Waals surface area (Å²) in [6.45, 7) is 1.32. The van der Waals surface area contributed by atoms with Crippen LogP contribution in [0.25, 0.3) is 0 Å². The van der Waals surface area contributed by atoms with Crippen LogP contribution in [0.15, 0.2) is 16.6 Å². The van der Waals surface area contributed by atoms with Gasteiger partial charge < -0.3 is 15.0 Å². The minimum atomic E-state index is -0.575. The number of fused-ring (bicyclic) bond motifs is 1. The quantitative estimate of drug-likeness (QED) is 0.859. The van der Waals surface area contributed by atoms with Crippen molar-refractivity contribution in [2.45, 2.75) is 0 Å². The summed E-state index contributed by atoms with van der Waals surface area (Å²) < 4.78 is 5.80. The van der Waals surface area contributed by atoms with Gasteiger partial charge in [-0.15, -0.1) is 0 Å². The molecule has 1 aromatic rings. The van der Waals surface area contributed by atoms with Crippen LogP contribution in [-0.2, 0) is 9.53 Å². The maximum atomic E-state index is 11.5. The van der Waals surface area contributed by atoms with E-state index in [1.54, 1.807) is 19.2 Å². The molecular formula is C12H13BrN2O3. The first-order valence-electron chi connectivity index (χ1n) is 5.44. The highest BCUT2D eigenvalue weighted by Gasteiger charge is 2.29. The molecule has 0 aliphatic carbocycles. The number of ether oxygens (including phenoxy) is 1. The van der Waals surface area contributed by atoms with Crippen LogP contribution in [-0.4, -0.2) is 39.0 Å². The Morgan fingerprint density at radius 3 is 2.78 bits per heavy atom. The van der Waals surface area contributed by atoms with E-state index in [0.717, 1.165) is 16.7 Å². The Morgan fingerprint density at radius 2 is 2.11 bits per heavy atom. The van der Waals surface area contributed by atoms with E-state index in [-0.39, 0.29) is 0 Å². The average molecular weight is 313 g/mol. The van der Waals surface area contributed by atoms with E-state index >= 15 is 0 Å². The first kappa shape index (κ1) is 13.0. The number of benzene rings is 1. The summed E-state index contributed by atoms with van der Waals surface area (Å²) in [4.78, 5) is 24.8. The molecule has 0 spiro atoms. The van der Waals surface area contributed by atoms with Crippen molar-refractivity contribution in [3.63, 3.8) is 0 Å². The van der Waals surface area contributed by atoms with Crippen molar-refractivity contribution in [3.05, 3.63) is 22.2 Å². The van der Waals surface area contributed by atoms with Gasteiger partial charge in [0.2, 0.25) is 0 Å². The summed E-state index contributed by atoms with van der Waals surface area (Å²) in [5.74, 6) is -1.06. The zero-order valence-electron chi connectivity index (χ0n) is 10.1. The first-order valence-corrected chi connectivity index (χ1v) is 6.23. The van der Waals surface area contributed by atoms with Crippen LogP contribution in [0.4, 0.5) is 11.4 Å². The molecule has 1 N–H and O–H groups in total. The molecule has 1 amide bonds. The lowest BCUT2D eigenvalue weighted by molar-refractivity contribution is -0.112. The monoisotopic (exact) mass is 312 g/mol. The fourth-order valence-corrected chi connectivity index (χ4v) is 2.44. The molecule has 5 nitrogen and oxygen atoms in total. The number of nitrogens with zero attached hydrogens (tertiary/aromatic N) is 1. The van der Waals surface area contributed by atoms with Gasteiger partial charge in [0.15, 0.2) is 0 Å². The molecule has 0 fully saturated rings. The number of carbonyl (C=O) groups is 2. The third kappa shape index (κ3) is 2.26. The number of methoxy groups -OCH3 is 1. The normalized spacial score (nSPS) is 13.5. The van der Waals surface area contributed by atoms with Crippen molar-refractivity contribution in [2.24, 2.45) is 0 Å². The molecule has 0 saturated heterocycles. The summed E-state index contributed by atoms with van der Waals surface area (Å²) in [6.07, 6.45) is 0. The van der Waals surface area contributed by atoms with Gasteiger partial charge in [-0.3, -0.25) is 9.59 Å². The number of anilines is 2. The molecule has 0 bridgehead atoms. The Balaban J connectivity index is 2.32. The number of Topliss-reactive ketones (excluding diaryl/α,β-unsaturated/α-hetero) is 1. The number of amides is 1. The predicted octanol–water partition coefficient (Wildman–Crippen LogP) is 1.67.